The second kappa shape index (κ2) is 6.67. The van der Waals surface area contributed by atoms with E-state index in [2.05, 4.69) is 6.07 Å². The Morgan fingerprint density at radius 3 is 2.04 bits per heavy atom. The Balaban J connectivity index is 1.75. The smallest absolute Gasteiger partial charge is 0.206 e. The normalized spacial score (nSPS) is 11.1. The third-order valence-corrected chi connectivity index (χ3v) is 5.17. The van der Waals surface area contributed by atoms with Crippen molar-refractivity contribution in [2.45, 2.75) is 16.4 Å². The van der Waals surface area contributed by atoms with E-state index in [4.69, 9.17) is 4.74 Å². The van der Waals surface area contributed by atoms with Gasteiger partial charge in [0, 0.05) is 0 Å². The minimum Gasteiger partial charge on any atom is -0.489 e. The van der Waals surface area contributed by atoms with Gasteiger partial charge in [0.15, 0.2) is 0 Å². The Kier molecular flexibility index (Phi) is 4.44. The Morgan fingerprint density at radius 2 is 1.39 bits per heavy atom. The molecule has 3 nitrogen and oxygen atoms in total. The molecule has 0 saturated heterocycles. The predicted molar refractivity (Wildman–Crippen MR) is 87.9 cm³/mol. The van der Waals surface area contributed by atoms with E-state index < -0.39 is 9.84 Å². The van der Waals surface area contributed by atoms with E-state index in [1.165, 1.54) is 12.1 Å². The zero-order valence-corrected chi connectivity index (χ0v) is 13.2. The SMILES string of the molecule is O=S(=O)(c1cc[c]cc1)c1ccc(OCc2ccccc2)cc1. The molecule has 0 aromatic heterocycles. The van der Waals surface area contributed by atoms with Crippen LogP contribution >= 0.6 is 0 Å². The van der Waals surface area contributed by atoms with Gasteiger partial charge in [-0.1, -0.05) is 42.5 Å². The van der Waals surface area contributed by atoms with Crippen molar-refractivity contribution >= 4 is 9.84 Å². The van der Waals surface area contributed by atoms with Gasteiger partial charge in [-0.15, -0.1) is 0 Å². The standard InChI is InChI=1S/C19H15O3S/c20-23(21,18-9-5-2-6-10-18)19-13-11-17(12-14-19)22-15-16-7-3-1-4-8-16/h1,3-14H,15H2. The highest BCUT2D eigenvalue weighted by molar-refractivity contribution is 7.91. The van der Waals surface area contributed by atoms with E-state index in [0.717, 1.165) is 5.56 Å². The van der Waals surface area contributed by atoms with Crippen LogP contribution in [0.1, 0.15) is 5.56 Å². The fourth-order valence-corrected chi connectivity index (χ4v) is 3.40. The molecular weight excluding hydrogens is 308 g/mol. The molecule has 3 aromatic carbocycles. The summed E-state index contributed by atoms with van der Waals surface area (Å²) in [7, 11) is -3.50. The van der Waals surface area contributed by atoms with Crippen molar-refractivity contribution in [2.24, 2.45) is 0 Å². The van der Waals surface area contributed by atoms with Gasteiger partial charge in [0.1, 0.15) is 12.4 Å². The Hall–Kier alpha value is -2.59. The molecule has 3 rings (SSSR count). The molecule has 0 N–H and O–H groups in total. The Bertz CT molecular complexity index is 856. The molecule has 0 aliphatic heterocycles. The number of benzene rings is 3. The topological polar surface area (TPSA) is 43.4 Å². The van der Waals surface area contributed by atoms with Gasteiger partial charge in [-0.2, -0.15) is 0 Å². The summed E-state index contributed by atoms with van der Waals surface area (Å²) in [6.45, 7) is 0.446. The number of hydrogen-bond acceptors (Lipinski definition) is 3. The van der Waals surface area contributed by atoms with Crippen LogP contribution in [0.15, 0.2) is 88.7 Å². The Labute approximate surface area is 136 Å². The van der Waals surface area contributed by atoms with Crippen molar-refractivity contribution in [2.75, 3.05) is 0 Å². The first-order chi connectivity index (χ1) is 11.2. The average molecular weight is 323 g/mol. The third-order valence-electron chi connectivity index (χ3n) is 3.38. The summed E-state index contributed by atoms with van der Waals surface area (Å²) >= 11 is 0. The number of ether oxygens (including phenoxy) is 1. The maximum absolute atomic E-state index is 12.5. The molecule has 23 heavy (non-hydrogen) atoms. The van der Waals surface area contributed by atoms with E-state index in [-0.39, 0.29) is 9.79 Å². The molecule has 3 aromatic rings. The maximum atomic E-state index is 12.5. The summed E-state index contributed by atoms with van der Waals surface area (Å²) in [5, 5.41) is 0. The van der Waals surface area contributed by atoms with Crippen molar-refractivity contribution in [3.05, 3.63) is 90.5 Å². The third kappa shape index (κ3) is 3.60. The molecule has 0 atom stereocenters. The molecule has 1 radical (unpaired) electrons. The first kappa shape index (κ1) is 15.3. The molecule has 115 valence electrons. The monoisotopic (exact) mass is 323 g/mol. The van der Waals surface area contributed by atoms with E-state index in [9.17, 15) is 8.42 Å². The summed E-state index contributed by atoms with van der Waals surface area (Å²) < 4.78 is 30.6. The summed E-state index contributed by atoms with van der Waals surface area (Å²) in [4.78, 5) is 0.505. The quantitative estimate of drug-likeness (QED) is 0.715. The summed E-state index contributed by atoms with van der Waals surface area (Å²) in [6.07, 6.45) is 0. The highest BCUT2D eigenvalue weighted by Crippen LogP contribution is 2.23. The molecule has 0 amide bonds. The molecule has 0 aliphatic carbocycles. The van der Waals surface area contributed by atoms with E-state index in [1.54, 1.807) is 36.4 Å². The van der Waals surface area contributed by atoms with Crippen LogP contribution < -0.4 is 4.74 Å². The molecule has 0 saturated carbocycles. The summed E-state index contributed by atoms with van der Waals surface area (Å²) in [6, 6.07) is 25.3. The molecule has 0 aliphatic rings. The lowest BCUT2D eigenvalue weighted by molar-refractivity contribution is 0.306. The fraction of sp³-hybridized carbons (Fsp3) is 0.0526. The zero-order valence-electron chi connectivity index (χ0n) is 12.3. The van der Waals surface area contributed by atoms with Crippen LogP contribution in [0.5, 0.6) is 5.75 Å². The van der Waals surface area contributed by atoms with Crippen LogP contribution in [0.3, 0.4) is 0 Å². The van der Waals surface area contributed by atoms with Crippen LogP contribution in [0.25, 0.3) is 0 Å². The molecule has 0 bridgehead atoms. The molecule has 0 heterocycles. The molecule has 0 spiro atoms. The van der Waals surface area contributed by atoms with Crippen molar-refractivity contribution in [3.8, 4) is 5.75 Å². The number of rotatable bonds is 5. The minimum absolute atomic E-state index is 0.246. The first-order valence-electron chi connectivity index (χ1n) is 7.14. The highest BCUT2D eigenvalue weighted by Gasteiger charge is 2.16. The lowest BCUT2D eigenvalue weighted by Gasteiger charge is -2.08. The highest BCUT2D eigenvalue weighted by atomic mass is 32.2. The molecule has 4 heteroatoms. The van der Waals surface area contributed by atoms with Crippen LogP contribution in [0, 0.1) is 6.07 Å². The summed E-state index contributed by atoms with van der Waals surface area (Å²) in [5.41, 5.74) is 1.06. The van der Waals surface area contributed by atoms with Crippen molar-refractivity contribution in [3.63, 3.8) is 0 Å². The van der Waals surface area contributed by atoms with Gasteiger partial charge in [0.2, 0.25) is 9.84 Å². The predicted octanol–water partition coefficient (Wildman–Crippen LogP) is 3.90. The van der Waals surface area contributed by atoms with Gasteiger partial charge in [0.05, 0.1) is 9.79 Å². The van der Waals surface area contributed by atoms with Gasteiger partial charge >= 0.3 is 0 Å². The first-order valence-corrected chi connectivity index (χ1v) is 8.62. The van der Waals surface area contributed by atoms with Crippen molar-refractivity contribution in [1.82, 2.24) is 0 Å². The number of hydrogen-bond donors (Lipinski definition) is 0. The van der Waals surface area contributed by atoms with Gasteiger partial charge in [0.25, 0.3) is 0 Å². The van der Waals surface area contributed by atoms with Crippen LogP contribution in [0.2, 0.25) is 0 Å². The van der Waals surface area contributed by atoms with Gasteiger partial charge in [-0.25, -0.2) is 8.42 Å². The zero-order chi connectivity index (χ0) is 16.1. The second-order valence-electron chi connectivity index (χ2n) is 4.98. The largest absolute Gasteiger partial charge is 0.489 e. The van der Waals surface area contributed by atoms with E-state index in [0.29, 0.717) is 12.4 Å². The van der Waals surface area contributed by atoms with E-state index >= 15 is 0 Å². The number of sulfone groups is 1. The van der Waals surface area contributed by atoms with Crippen LogP contribution in [0.4, 0.5) is 0 Å². The van der Waals surface area contributed by atoms with Crippen molar-refractivity contribution < 1.29 is 13.2 Å². The average Bonchev–Trinajstić information content (AvgIpc) is 2.62. The van der Waals surface area contributed by atoms with Crippen LogP contribution in [-0.2, 0) is 16.4 Å². The lowest BCUT2D eigenvalue weighted by atomic mass is 10.2. The molecule has 0 fully saturated rings. The maximum Gasteiger partial charge on any atom is 0.206 e. The minimum atomic E-state index is -3.50. The van der Waals surface area contributed by atoms with Gasteiger partial charge < -0.3 is 4.74 Å². The molecule has 0 unspecified atom stereocenters. The second-order valence-corrected chi connectivity index (χ2v) is 6.93. The van der Waals surface area contributed by atoms with Crippen LogP contribution in [-0.4, -0.2) is 8.42 Å². The Morgan fingerprint density at radius 1 is 0.783 bits per heavy atom. The van der Waals surface area contributed by atoms with Crippen molar-refractivity contribution in [1.29, 1.82) is 0 Å². The lowest BCUT2D eigenvalue weighted by Crippen LogP contribution is -2.02. The van der Waals surface area contributed by atoms with Gasteiger partial charge in [-0.05, 0) is 48.0 Å². The van der Waals surface area contributed by atoms with Gasteiger partial charge in [-0.3, -0.25) is 0 Å². The van der Waals surface area contributed by atoms with E-state index in [1.807, 2.05) is 30.3 Å². The summed E-state index contributed by atoms with van der Waals surface area (Å²) in [5.74, 6) is 0.634. The fourth-order valence-electron chi connectivity index (χ4n) is 2.14. The molecular formula is C19H15O3S.